The van der Waals surface area contributed by atoms with Crippen LogP contribution in [-0.4, -0.2) is 35.2 Å². The molecule has 21 heavy (non-hydrogen) atoms. The fraction of sp³-hybridized carbons (Fsp3) is 0.333. The molecule has 3 nitrogen and oxygen atoms in total. The van der Waals surface area contributed by atoms with E-state index in [1.165, 1.54) is 5.56 Å². The van der Waals surface area contributed by atoms with Crippen LogP contribution in [0.15, 0.2) is 67.3 Å². The summed E-state index contributed by atoms with van der Waals surface area (Å²) in [6.45, 7) is 9.46. The summed E-state index contributed by atoms with van der Waals surface area (Å²) in [6.07, 6.45) is 6.25. The van der Waals surface area contributed by atoms with Gasteiger partial charge in [0, 0.05) is 13.1 Å². The van der Waals surface area contributed by atoms with Crippen molar-refractivity contribution in [2.75, 3.05) is 19.6 Å². The maximum absolute atomic E-state index is 10.4. The quantitative estimate of drug-likeness (QED) is 0.756. The largest absolute Gasteiger partial charge is 0.387 e. The first-order valence-corrected chi connectivity index (χ1v) is 7.30. The number of β-amino-alcohol motifs (C(OH)–C–C–N with tert-alkyl or cyclic N) is 1. The van der Waals surface area contributed by atoms with E-state index in [0.29, 0.717) is 26.1 Å². The van der Waals surface area contributed by atoms with Crippen molar-refractivity contribution in [1.29, 1.82) is 0 Å². The zero-order valence-corrected chi connectivity index (χ0v) is 12.4. The highest BCUT2D eigenvalue weighted by molar-refractivity contribution is 5.36. The van der Waals surface area contributed by atoms with Crippen molar-refractivity contribution in [1.82, 2.24) is 4.90 Å². The van der Waals surface area contributed by atoms with Gasteiger partial charge in [0.05, 0.1) is 11.6 Å². The molecule has 0 aromatic heterocycles. The van der Waals surface area contributed by atoms with Gasteiger partial charge in [-0.1, -0.05) is 61.7 Å². The van der Waals surface area contributed by atoms with Crippen LogP contribution in [0.4, 0.5) is 0 Å². The lowest BCUT2D eigenvalue weighted by molar-refractivity contribution is -0.113. The molecule has 1 fully saturated rings. The lowest BCUT2D eigenvalue weighted by atomic mass is 9.85. The molecule has 2 rings (SSSR count). The second-order valence-electron chi connectivity index (χ2n) is 5.59. The summed E-state index contributed by atoms with van der Waals surface area (Å²) in [4.78, 5) is 2.25. The van der Waals surface area contributed by atoms with Gasteiger partial charge in [0.25, 0.3) is 0 Å². The molecular formula is C18H24N2O. The van der Waals surface area contributed by atoms with Crippen LogP contribution in [0.3, 0.4) is 0 Å². The Kier molecular flexibility index (Phi) is 5.12. The van der Waals surface area contributed by atoms with Crippen LogP contribution in [0.5, 0.6) is 0 Å². The second kappa shape index (κ2) is 6.85. The molecule has 3 N–H and O–H groups in total. The molecule has 1 atom stereocenters. The van der Waals surface area contributed by atoms with Crippen molar-refractivity contribution in [2.45, 2.75) is 18.1 Å². The Balaban J connectivity index is 2.25. The monoisotopic (exact) mass is 284 g/mol. The zero-order chi connectivity index (χ0) is 15.3. The summed E-state index contributed by atoms with van der Waals surface area (Å²) in [6, 6.07) is 10.4. The lowest BCUT2D eigenvalue weighted by Crippen LogP contribution is -2.63. The van der Waals surface area contributed by atoms with Gasteiger partial charge in [-0.25, -0.2) is 0 Å². The maximum atomic E-state index is 10.4. The molecule has 0 saturated carbocycles. The first-order chi connectivity index (χ1) is 10.1. The minimum Gasteiger partial charge on any atom is -0.387 e. The third kappa shape index (κ3) is 3.50. The van der Waals surface area contributed by atoms with Gasteiger partial charge < -0.3 is 10.8 Å². The normalized spacial score (nSPS) is 19.6. The molecule has 1 aliphatic rings. The molecule has 1 saturated heterocycles. The van der Waals surface area contributed by atoms with E-state index in [-0.39, 0.29) is 6.04 Å². The molecule has 1 aromatic rings. The van der Waals surface area contributed by atoms with Crippen molar-refractivity contribution >= 4 is 0 Å². The fourth-order valence-corrected chi connectivity index (χ4v) is 2.98. The number of rotatable bonds is 7. The topological polar surface area (TPSA) is 49.5 Å². The summed E-state index contributed by atoms with van der Waals surface area (Å²) >= 11 is 0. The standard InChI is InChI=1S/C18H24N2O/c1-3-8-15(4-2)17(16-9-6-5-7-10-16)20-13-18(21,14-20)11-12-19/h3-10,17,21H,1-2,11-14,19H2/b15-8+. The third-order valence-electron chi connectivity index (χ3n) is 3.95. The Morgan fingerprint density at radius 1 is 1.33 bits per heavy atom. The van der Waals surface area contributed by atoms with E-state index in [4.69, 9.17) is 5.73 Å². The molecule has 1 aliphatic heterocycles. The Morgan fingerprint density at radius 3 is 2.52 bits per heavy atom. The molecular weight excluding hydrogens is 260 g/mol. The number of benzene rings is 1. The van der Waals surface area contributed by atoms with Crippen LogP contribution in [0.2, 0.25) is 0 Å². The summed E-state index contributed by atoms with van der Waals surface area (Å²) < 4.78 is 0. The molecule has 0 spiro atoms. The summed E-state index contributed by atoms with van der Waals surface area (Å²) in [5, 5.41) is 10.4. The predicted octanol–water partition coefficient (Wildman–Crippen LogP) is 2.42. The first-order valence-electron chi connectivity index (χ1n) is 7.30. The van der Waals surface area contributed by atoms with E-state index >= 15 is 0 Å². The van der Waals surface area contributed by atoms with Gasteiger partial charge in [0.15, 0.2) is 0 Å². The number of hydrogen-bond acceptors (Lipinski definition) is 3. The Labute approximate surface area is 127 Å². The van der Waals surface area contributed by atoms with E-state index in [1.807, 2.05) is 30.4 Å². The molecule has 1 unspecified atom stereocenters. The highest BCUT2D eigenvalue weighted by atomic mass is 16.3. The predicted molar refractivity (Wildman–Crippen MR) is 87.9 cm³/mol. The number of aliphatic hydroxyl groups is 1. The highest BCUT2D eigenvalue weighted by Crippen LogP contribution is 2.37. The molecule has 3 heteroatoms. The Morgan fingerprint density at radius 2 is 2.00 bits per heavy atom. The smallest absolute Gasteiger partial charge is 0.0912 e. The number of allylic oxidation sites excluding steroid dienone is 2. The van der Waals surface area contributed by atoms with E-state index in [2.05, 4.69) is 30.2 Å². The SMILES string of the molecule is C=C/C=C(\C=C)C(c1ccccc1)N1CC(O)(CCN)C1. The third-order valence-corrected chi connectivity index (χ3v) is 3.95. The fourth-order valence-electron chi connectivity index (χ4n) is 2.98. The van der Waals surface area contributed by atoms with Gasteiger partial charge in [-0.2, -0.15) is 0 Å². The van der Waals surface area contributed by atoms with Crippen molar-refractivity contribution in [3.05, 3.63) is 72.9 Å². The van der Waals surface area contributed by atoms with Crippen molar-refractivity contribution < 1.29 is 5.11 Å². The number of likely N-dealkylation sites (tertiary alicyclic amines) is 1. The van der Waals surface area contributed by atoms with Gasteiger partial charge >= 0.3 is 0 Å². The summed E-state index contributed by atoms with van der Waals surface area (Å²) in [5.74, 6) is 0. The Hall–Kier alpha value is -1.68. The van der Waals surface area contributed by atoms with E-state index in [0.717, 1.165) is 5.57 Å². The van der Waals surface area contributed by atoms with Crippen LogP contribution in [-0.2, 0) is 0 Å². The highest BCUT2D eigenvalue weighted by Gasteiger charge is 2.44. The molecule has 0 amide bonds. The molecule has 0 aliphatic carbocycles. The van der Waals surface area contributed by atoms with Gasteiger partial charge in [-0.05, 0) is 24.1 Å². The molecule has 112 valence electrons. The maximum Gasteiger partial charge on any atom is 0.0912 e. The number of nitrogens with two attached hydrogens (primary N) is 1. The molecule has 0 radical (unpaired) electrons. The molecule has 1 aromatic carbocycles. The van der Waals surface area contributed by atoms with Crippen LogP contribution in [0.1, 0.15) is 18.0 Å². The Bertz CT molecular complexity index is 515. The van der Waals surface area contributed by atoms with Crippen LogP contribution in [0.25, 0.3) is 0 Å². The van der Waals surface area contributed by atoms with Gasteiger partial charge in [-0.15, -0.1) is 0 Å². The van der Waals surface area contributed by atoms with Gasteiger partial charge in [0.1, 0.15) is 0 Å². The van der Waals surface area contributed by atoms with Crippen molar-refractivity contribution in [3.63, 3.8) is 0 Å². The average Bonchev–Trinajstić information content (AvgIpc) is 2.46. The minimum atomic E-state index is -0.651. The van der Waals surface area contributed by atoms with Crippen LogP contribution >= 0.6 is 0 Å². The minimum absolute atomic E-state index is 0.0970. The zero-order valence-electron chi connectivity index (χ0n) is 12.4. The number of nitrogens with zero attached hydrogens (tertiary/aromatic N) is 1. The molecule has 0 bridgehead atoms. The van der Waals surface area contributed by atoms with E-state index in [9.17, 15) is 5.11 Å². The van der Waals surface area contributed by atoms with E-state index < -0.39 is 5.60 Å². The van der Waals surface area contributed by atoms with Gasteiger partial charge in [0.2, 0.25) is 0 Å². The molecule has 1 heterocycles. The van der Waals surface area contributed by atoms with Crippen molar-refractivity contribution in [2.24, 2.45) is 5.73 Å². The average molecular weight is 284 g/mol. The van der Waals surface area contributed by atoms with E-state index in [1.54, 1.807) is 6.08 Å². The van der Waals surface area contributed by atoms with Crippen LogP contribution in [0, 0.1) is 0 Å². The van der Waals surface area contributed by atoms with Crippen molar-refractivity contribution in [3.8, 4) is 0 Å². The first kappa shape index (κ1) is 15.7. The summed E-state index contributed by atoms with van der Waals surface area (Å²) in [5.41, 5.74) is 7.20. The van der Waals surface area contributed by atoms with Crippen LogP contribution < -0.4 is 5.73 Å². The second-order valence-corrected chi connectivity index (χ2v) is 5.59. The number of hydrogen-bond donors (Lipinski definition) is 2. The lowest BCUT2D eigenvalue weighted by Gasteiger charge is -2.50. The van der Waals surface area contributed by atoms with Gasteiger partial charge in [-0.3, -0.25) is 4.90 Å². The summed E-state index contributed by atoms with van der Waals surface area (Å²) in [7, 11) is 0.